The molecule has 0 rings (SSSR count). The third-order valence-electron chi connectivity index (χ3n) is 7.66. The van der Waals surface area contributed by atoms with E-state index in [0.717, 1.165) is 64.5 Å². The van der Waals surface area contributed by atoms with Crippen LogP contribution in [0.5, 0.6) is 0 Å². The number of rotatable bonds is 33. The monoisotopic (exact) mass is 676 g/mol. The summed E-state index contributed by atoms with van der Waals surface area (Å²) < 4.78 is 0. The molecule has 0 radical (unpaired) electrons. The number of hydrogen-bond donors (Lipinski definition) is 5. The fourth-order valence-corrected chi connectivity index (χ4v) is 7.20. The second-order valence-electron chi connectivity index (χ2n) is 12.3. The van der Waals surface area contributed by atoms with E-state index in [-0.39, 0.29) is 23.3 Å². The van der Waals surface area contributed by atoms with Crippen LogP contribution >= 0.6 is 21.6 Å². The van der Waals surface area contributed by atoms with Gasteiger partial charge in [-0.05, 0) is 59.9 Å². The van der Waals surface area contributed by atoms with Crippen molar-refractivity contribution >= 4 is 45.3 Å². The molecule has 0 saturated carbocycles. The van der Waals surface area contributed by atoms with E-state index in [4.69, 9.17) is 0 Å². The van der Waals surface area contributed by atoms with Gasteiger partial charge in [-0.2, -0.15) is 0 Å². The van der Waals surface area contributed by atoms with E-state index in [1.54, 1.807) is 0 Å². The summed E-state index contributed by atoms with van der Waals surface area (Å²) in [4.78, 5) is 50.1. The maximum Gasteiger partial charge on any atom is 0.327 e. The molecule has 0 fully saturated rings. The molecule has 5 N–H and O–H groups in total. The first kappa shape index (κ1) is 43.5. The van der Waals surface area contributed by atoms with Gasteiger partial charge in [-0.15, -0.1) is 0 Å². The molecule has 0 saturated heterocycles. The summed E-state index contributed by atoms with van der Waals surface area (Å²) in [6.45, 7) is 2.22. The predicted molar refractivity (Wildman–Crippen MR) is 189 cm³/mol. The van der Waals surface area contributed by atoms with Gasteiger partial charge < -0.3 is 31.1 Å². The molecule has 0 aromatic rings. The number of hydrogen-bond acceptors (Lipinski definition) is 8. The average Bonchev–Trinajstić information content (AvgIpc) is 2.99. The summed E-state index contributed by atoms with van der Waals surface area (Å²) in [6, 6.07) is -2.09. The van der Waals surface area contributed by atoms with Crippen LogP contribution < -0.4 is 16.0 Å². The van der Waals surface area contributed by atoms with Crippen LogP contribution in [0.2, 0.25) is 0 Å². The Bertz CT molecular complexity index is 775. The standard InChI is InChI=1S/C33H64N4O6S2/c1-34-24-20-16-12-8-4-6-10-14-18-22-30(38)35-28(32(40)41)26-44-45-27-29(33(42)43)36-31(39)23-19-15-11-7-5-9-13-17-21-25-37(2)3/h28-29,34H,4-27H2,1-3H3,(H,35,38)(H,36,39)(H,40,41)(H,42,43). The lowest BCUT2D eigenvalue weighted by Gasteiger charge is -2.16. The average molecular weight is 677 g/mol. The first-order chi connectivity index (χ1) is 21.7. The van der Waals surface area contributed by atoms with Crippen LogP contribution in [0.3, 0.4) is 0 Å². The van der Waals surface area contributed by atoms with Crippen LogP contribution in [0.1, 0.15) is 128 Å². The van der Waals surface area contributed by atoms with Crippen molar-refractivity contribution in [3.05, 3.63) is 0 Å². The molecule has 10 nitrogen and oxygen atoms in total. The van der Waals surface area contributed by atoms with Crippen LogP contribution in [-0.4, -0.2) is 96.7 Å². The molecule has 0 aromatic heterocycles. The predicted octanol–water partition coefficient (Wildman–Crippen LogP) is 6.09. The molecular weight excluding hydrogens is 613 g/mol. The van der Waals surface area contributed by atoms with Crippen LogP contribution in [0.25, 0.3) is 0 Å². The van der Waals surface area contributed by atoms with Gasteiger partial charge in [-0.25, -0.2) is 9.59 Å². The fraction of sp³-hybridized carbons (Fsp3) is 0.879. The first-order valence-corrected chi connectivity index (χ1v) is 19.7. The molecule has 2 atom stereocenters. The van der Waals surface area contributed by atoms with Gasteiger partial charge in [-0.1, -0.05) is 111 Å². The molecule has 264 valence electrons. The first-order valence-electron chi connectivity index (χ1n) is 17.3. The van der Waals surface area contributed by atoms with Gasteiger partial charge in [0.2, 0.25) is 11.8 Å². The van der Waals surface area contributed by atoms with Crippen molar-refractivity contribution in [2.75, 3.05) is 45.7 Å². The van der Waals surface area contributed by atoms with E-state index < -0.39 is 24.0 Å². The quantitative estimate of drug-likeness (QED) is 0.0409. The Balaban J connectivity index is 3.99. The van der Waals surface area contributed by atoms with E-state index in [2.05, 4.69) is 34.9 Å². The van der Waals surface area contributed by atoms with Crippen molar-refractivity contribution in [2.24, 2.45) is 0 Å². The van der Waals surface area contributed by atoms with Crippen molar-refractivity contribution < 1.29 is 29.4 Å². The summed E-state index contributed by atoms with van der Waals surface area (Å²) in [5.74, 6) is -2.56. The van der Waals surface area contributed by atoms with Crippen molar-refractivity contribution in [1.29, 1.82) is 0 Å². The van der Waals surface area contributed by atoms with E-state index in [0.29, 0.717) is 12.8 Å². The Kier molecular flexibility index (Phi) is 30.1. The molecule has 0 aromatic carbocycles. The van der Waals surface area contributed by atoms with Crippen LogP contribution in [0.15, 0.2) is 0 Å². The van der Waals surface area contributed by atoms with Crippen molar-refractivity contribution in [3.63, 3.8) is 0 Å². The number of carboxylic acids is 2. The van der Waals surface area contributed by atoms with Gasteiger partial charge in [0.1, 0.15) is 12.1 Å². The number of nitrogens with zero attached hydrogens (tertiary/aromatic N) is 1. The number of aliphatic carboxylic acids is 2. The molecule has 0 spiro atoms. The molecule has 0 aliphatic carbocycles. The number of nitrogens with one attached hydrogen (secondary N) is 3. The van der Waals surface area contributed by atoms with Crippen LogP contribution in [0, 0.1) is 0 Å². The Labute approximate surface area is 281 Å². The van der Waals surface area contributed by atoms with Crippen molar-refractivity contribution in [1.82, 2.24) is 20.9 Å². The largest absolute Gasteiger partial charge is 0.480 e. The van der Waals surface area contributed by atoms with Gasteiger partial charge in [0.15, 0.2) is 0 Å². The molecule has 2 unspecified atom stereocenters. The summed E-state index contributed by atoms with van der Waals surface area (Å²) in [6.07, 6.45) is 20.9. The summed E-state index contributed by atoms with van der Waals surface area (Å²) in [5.41, 5.74) is 0. The van der Waals surface area contributed by atoms with E-state index >= 15 is 0 Å². The van der Waals surface area contributed by atoms with Crippen molar-refractivity contribution in [3.8, 4) is 0 Å². The van der Waals surface area contributed by atoms with Gasteiger partial charge in [0.25, 0.3) is 0 Å². The maximum atomic E-state index is 12.3. The molecule has 0 aliphatic rings. The Morgan fingerprint density at radius 1 is 0.556 bits per heavy atom. The minimum Gasteiger partial charge on any atom is -0.480 e. The zero-order chi connectivity index (χ0) is 33.5. The minimum absolute atomic E-state index is 0.108. The summed E-state index contributed by atoms with van der Waals surface area (Å²) in [5, 5.41) is 27.4. The van der Waals surface area contributed by atoms with Gasteiger partial charge >= 0.3 is 11.9 Å². The highest BCUT2D eigenvalue weighted by molar-refractivity contribution is 8.76. The molecule has 0 aliphatic heterocycles. The highest BCUT2D eigenvalue weighted by Crippen LogP contribution is 2.23. The zero-order valence-electron chi connectivity index (χ0n) is 28.4. The summed E-state index contributed by atoms with van der Waals surface area (Å²) >= 11 is 0. The van der Waals surface area contributed by atoms with Gasteiger partial charge in [-0.3, -0.25) is 9.59 Å². The third kappa shape index (κ3) is 29.6. The second kappa shape index (κ2) is 31.1. The smallest absolute Gasteiger partial charge is 0.327 e. The molecule has 0 heterocycles. The topological polar surface area (TPSA) is 148 Å². The highest BCUT2D eigenvalue weighted by Gasteiger charge is 2.23. The third-order valence-corrected chi connectivity index (χ3v) is 10.1. The SMILES string of the molecule is CNCCCCCCCCCCCC(=O)NC(CSSCC(NC(=O)CCCCCCCCCCCN(C)C)C(=O)O)C(=O)O. The number of carboxylic acid groups (broad SMARTS) is 2. The molecule has 2 amide bonds. The normalized spacial score (nSPS) is 12.6. The number of carbonyl (C=O) groups excluding carboxylic acids is 2. The zero-order valence-corrected chi connectivity index (χ0v) is 30.0. The number of unbranched alkanes of at least 4 members (excludes halogenated alkanes) is 16. The molecule has 45 heavy (non-hydrogen) atoms. The lowest BCUT2D eigenvalue weighted by molar-refractivity contribution is -0.141. The van der Waals surface area contributed by atoms with Crippen LogP contribution in [0.4, 0.5) is 0 Å². The number of carbonyl (C=O) groups is 4. The number of amides is 2. The molecular formula is C33H64N4O6S2. The van der Waals surface area contributed by atoms with E-state index in [1.807, 2.05) is 7.05 Å². The second-order valence-corrected chi connectivity index (χ2v) is 14.8. The van der Waals surface area contributed by atoms with Crippen LogP contribution in [-0.2, 0) is 19.2 Å². The van der Waals surface area contributed by atoms with E-state index in [1.165, 1.54) is 85.8 Å². The van der Waals surface area contributed by atoms with E-state index in [9.17, 15) is 29.4 Å². The van der Waals surface area contributed by atoms with Gasteiger partial charge in [0, 0.05) is 24.3 Å². The molecule has 12 heteroatoms. The Hall–Kier alpha value is -1.50. The van der Waals surface area contributed by atoms with Gasteiger partial charge in [0.05, 0.1) is 0 Å². The maximum absolute atomic E-state index is 12.3. The minimum atomic E-state index is -1.12. The summed E-state index contributed by atoms with van der Waals surface area (Å²) in [7, 11) is 8.55. The lowest BCUT2D eigenvalue weighted by atomic mass is 10.1. The Morgan fingerprint density at radius 3 is 1.22 bits per heavy atom. The lowest BCUT2D eigenvalue weighted by Crippen LogP contribution is -2.43. The molecule has 0 bridgehead atoms. The fourth-order valence-electron chi connectivity index (χ4n) is 4.89. The Morgan fingerprint density at radius 2 is 0.889 bits per heavy atom. The highest BCUT2D eigenvalue weighted by atomic mass is 33.1. The van der Waals surface area contributed by atoms with Crippen molar-refractivity contribution in [2.45, 2.75) is 141 Å².